The second-order valence-electron chi connectivity index (χ2n) is 4.29. The van der Waals surface area contributed by atoms with Gasteiger partial charge in [0.2, 0.25) is 0 Å². The molecule has 1 unspecified atom stereocenters. The summed E-state index contributed by atoms with van der Waals surface area (Å²) >= 11 is 0. The molecule has 0 radical (unpaired) electrons. The van der Waals surface area contributed by atoms with Gasteiger partial charge >= 0.3 is 0 Å². The summed E-state index contributed by atoms with van der Waals surface area (Å²) in [5.41, 5.74) is 1.08. The highest BCUT2D eigenvalue weighted by molar-refractivity contribution is 5.29. The Morgan fingerprint density at radius 3 is 2.59 bits per heavy atom. The van der Waals surface area contributed by atoms with E-state index in [2.05, 4.69) is 19.1 Å². The van der Waals surface area contributed by atoms with E-state index in [0.717, 1.165) is 12.0 Å². The first kappa shape index (κ1) is 13.5. The highest BCUT2D eigenvalue weighted by Gasteiger charge is 2.04. The van der Waals surface area contributed by atoms with Crippen LogP contribution in [0.3, 0.4) is 0 Å². The van der Waals surface area contributed by atoms with Crippen LogP contribution in [-0.4, -0.2) is 0 Å². The summed E-state index contributed by atoms with van der Waals surface area (Å²) in [7, 11) is 0. The van der Waals surface area contributed by atoms with Crippen LogP contribution in [0.25, 0.3) is 0 Å². The van der Waals surface area contributed by atoms with Crippen molar-refractivity contribution in [3.05, 3.63) is 48.0 Å². The second kappa shape index (κ2) is 8.58. The van der Waals surface area contributed by atoms with Gasteiger partial charge < -0.3 is 0 Å². The molecule has 0 N–H and O–H groups in total. The second-order valence-corrected chi connectivity index (χ2v) is 4.29. The molecule has 0 spiro atoms. The summed E-state index contributed by atoms with van der Waals surface area (Å²) in [4.78, 5) is 0. The summed E-state index contributed by atoms with van der Waals surface area (Å²) < 4.78 is 0. The lowest BCUT2D eigenvalue weighted by atomic mass is 9.99. The van der Waals surface area contributed by atoms with Crippen molar-refractivity contribution in [3.8, 4) is 6.07 Å². The zero-order chi connectivity index (χ0) is 12.3. The fourth-order valence-electron chi connectivity index (χ4n) is 1.81. The molecule has 90 valence electrons. The van der Waals surface area contributed by atoms with E-state index >= 15 is 0 Å². The molecule has 1 atom stereocenters. The number of benzene rings is 1. The number of hydrogen-bond donors (Lipinski definition) is 0. The molecule has 1 rings (SSSR count). The minimum Gasteiger partial charge on any atom is -0.197 e. The molecule has 0 amide bonds. The molecule has 0 saturated heterocycles. The number of allylic oxidation sites excluding steroid dienone is 2. The Balaban J connectivity index is 2.38. The largest absolute Gasteiger partial charge is 0.197 e. The number of rotatable bonds is 7. The van der Waals surface area contributed by atoms with Gasteiger partial charge in [-0.05, 0) is 18.4 Å². The average molecular weight is 227 g/mol. The lowest BCUT2D eigenvalue weighted by Crippen LogP contribution is -1.90. The maximum atomic E-state index is 9.12. The first-order valence-corrected chi connectivity index (χ1v) is 6.49. The summed E-state index contributed by atoms with van der Waals surface area (Å²) in [5, 5.41) is 9.12. The number of hydrogen-bond acceptors (Lipinski definition) is 1. The van der Waals surface area contributed by atoms with E-state index in [1.165, 1.54) is 25.7 Å². The van der Waals surface area contributed by atoms with Gasteiger partial charge in [0.25, 0.3) is 0 Å². The van der Waals surface area contributed by atoms with Gasteiger partial charge in [-0.25, -0.2) is 0 Å². The predicted molar refractivity (Wildman–Crippen MR) is 72.7 cm³/mol. The van der Waals surface area contributed by atoms with Gasteiger partial charge in [0, 0.05) is 0 Å². The van der Waals surface area contributed by atoms with Gasteiger partial charge in [0.1, 0.15) is 0 Å². The van der Waals surface area contributed by atoms with Crippen molar-refractivity contribution in [2.24, 2.45) is 0 Å². The molecule has 0 aliphatic carbocycles. The fourth-order valence-corrected chi connectivity index (χ4v) is 1.81. The van der Waals surface area contributed by atoms with Gasteiger partial charge in [-0.1, -0.05) is 68.7 Å². The van der Waals surface area contributed by atoms with E-state index in [0.29, 0.717) is 0 Å². The molecule has 0 heterocycles. The van der Waals surface area contributed by atoms with Crippen molar-refractivity contribution in [1.82, 2.24) is 0 Å². The monoisotopic (exact) mass is 227 g/mol. The highest BCUT2D eigenvalue weighted by atomic mass is 14.3. The SMILES string of the molecule is CCCCCC/C=C\C(C#N)c1ccccc1. The van der Waals surface area contributed by atoms with Gasteiger partial charge in [0.05, 0.1) is 12.0 Å². The van der Waals surface area contributed by atoms with Gasteiger partial charge in [0.15, 0.2) is 0 Å². The molecule has 0 fully saturated rings. The summed E-state index contributed by atoms with van der Waals surface area (Å²) in [6, 6.07) is 12.3. The Hall–Kier alpha value is -1.55. The molecule has 17 heavy (non-hydrogen) atoms. The van der Waals surface area contributed by atoms with Crippen LogP contribution in [0, 0.1) is 11.3 Å². The Labute approximate surface area is 105 Å². The molecule has 0 aromatic heterocycles. The van der Waals surface area contributed by atoms with Crippen LogP contribution in [0.5, 0.6) is 0 Å². The van der Waals surface area contributed by atoms with Crippen molar-refractivity contribution >= 4 is 0 Å². The van der Waals surface area contributed by atoms with Crippen LogP contribution in [-0.2, 0) is 0 Å². The van der Waals surface area contributed by atoms with Gasteiger partial charge in [-0.15, -0.1) is 0 Å². The molecule has 1 aromatic carbocycles. The van der Waals surface area contributed by atoms with Crippen LogP contribution < -0.4 is 0 Å². The predicted octanol–water partition coefficient (Wildman–Crippen LogP) is 4.82. The third-order valence-corrected chi connectivity index (χ3v) is 2.85. The van der Waals surface area contributed by atoms with Crippen molar-refractivity contribution < 1.29 is 0 Å². The van der Waals surface area contributed by atoms with E-state index in [1.807, 2.05) is 36.4 Å². The minimum absolute atomic E-state index is 0.0950. The van der Waals surface area contributed by atoms with Crippen LogP contribution in [0.1, 0.15) is 50.5 Å². The molecule has 0 bridgehead atoms. The molecule has 0 aliphatic rings. The van der Waals surface area contributed by atoms with Crippen molar-refractivity contribution in [2.75, 3.05) is 0 Å². The third kappa shape index (κ3) is 5.36. The number of unbranched alkanes of at least 4 members (excludes halogenated alkanes) is 4. The molecule has 0 aliphatic heterocycles. The molecule has 1 heteroatoms. The van der Waals surface area contributed by atoms with E-state index in [1.54, 1.807) is 0 Å². The van der Waals surface area contributed by atoms with E-state index in [9.17, 15) is 0 Å². The average Bonchev–Trinajstić information content (AvgIpc) is 2.39. The number of nitriles is 1. The maximum absolute atomic E-state index is 9.12. The Kier molecular flexibility index (Phi) is 6.82. The Morgan fingerprint density at radius 1 is 1.18 bits per heavy atom. The van der Waals surface area contributed by atoms with Crippen LogP contribution in [0.4, 0.5) is 0 Å². The lowest BCUT2D eigenvalue weighted by Gasteiger charge is -2.03. The maximum Gasteiger partial charge on any atom is 0.0893 e. The van der Waals surface area contributed by atoms with Crippen LogP contribution >= 0.6 is 0 Å². The fraction of sp³-hybridized carbons (Fsp3) is 0.438. The highest BCUT2D eigenvalue weighted by Crippen LogP contribution is 2.16. The summed E-state index contributed by atoms with van der Waals surface area (Å²) in [6.07, 6.45) is 10.4. The first-order valence-electron chi connectivity index (χ1n) is 6.49. The van der Waals surface area contributed by atoms with Crippen LogP contribution in [0.15, 0.2) is 42.5 Å². The van der Waals surface area contributed by atoms with E-state index in [4.69, 9.17) is 5.26 Å². The van der Waals surface area contributed by atoms with E-state index < -0.39 is 0 Å². The zero-order valence-electron chi connectivity index (χ0n) is 10.6. The standard InChI is InChI=1S/C16H21N/c1-2-3-4-5-6-8-13-16(14-17)15-11-9-7-10-12-15/h7-13,16H,2-6H2,1H3/b13-8-. The normalized spacial score (nSPS) is 12.5. The van der Waals surface area contributed by atoms with Crippen molar-refractivity contribution in [3.63, 3.8) is 0 Å². The lowest BCUT2D eigenvalue weighted by molar-refractivity contribution is 0.674. The molecular weight excluding hydrogens is 206 g/mol. The van der Waals surface area contributed by atoms with Gasteiger partial charge in [-0.3, -0.25) is 0 Å². The topological polar surface area (TPSA) is 23.8 Å². The Bertz CT molecular complexity index is 359. The first-order chi connectivity index (χ1) is 8.38. The molecule has 0 saturated carbocycles. The quantitative estimate of drug-likeness (QED) is 0.484. The zero-order valence-corrected chi connectivity index (χ0v) is 10.6. The van der Waals surface area contributed by atoms with Gasteiger partial charge in [-0.2, -0.15) is 5.26 Å². The molecule has 1 aromatic rings. The van der Waals surface area contributed by atoms with Crippen molar-refractivity contribution in [1.29, 1.82) is 5.26 Å². The smallest absolute Gasteiger partial charge is 0.0893 e. The van der Waals surface area contributed by atoms with Crippen molar-refractivity contribution in [2.45, 2.75) is 44.9 Å². The summed E-state index contributed by atoms with van der Waals surface area (Å²) in [6.45, 7) is 2.22. The van der Waals surface area contributed by atoms with E-state index in [-0.39, 0.29) is 5.92 Å². The molecular formula is C16H21N. The summed E-state index contributed by atoms with van der Waals surface area (Å²) in [5.74, 6) is -0.0950. The number of nitrogens with zero attached hydrogens (tertiary/aromatic N) is 1. The molecule has 1 nitrogen and oxygen atoms in total. The minimum atomic E-state index is -0.0950. The van der Waals surface area contributed by atoms with Crippen LogP contribution in [0.2, 0.25) is 0 Å². The third-order valence-electron chi connectivity index (χ3n) is 2.85. The Morgan fingerprint density at radius 2 is 1.94 bits per heavy atom.